The van der Waals surface area contributed by atoms with Gasteiger partial charge in [-0.25, -0.2) is 0 Å². The number of rotatable bonds is 8. The van der Waals surface area contributed by atoms with Gasteiger partial charge in [-0.3, -0.25) is 0 Å². The summed E-state index contributed by atoms with van der Waals surface area (Å²) in [6.07, 6.45) is 0. The van der Waals surface area contributed by atoms with E-state index in [-0.39, 0.29) is 0 Å². The molecule has 0 saturated heterocycles. The van der Waals surface area contributed by atoms with Crippen molar-refractivity contribution in [2.45, 2.75) is 0 Å². The van der Waals surface area contributed by atoms with Crippen molar-refractivity contribution in [2.24, 2.45) is 0 Å². The molecule has 0 atom stereocenters. The van der Waals surface area contributed by atoms with Crippen LogP contribution in [0.4, 0.5) is 34.1 Å². The predicted octanol–water partition coefficient (Wildman–Crippen LogP) is 17.3. The monoisotopic (exact) mass is 804 g/mol. The maximum atomic E-state index is 6.64. The van der Waals surface area contributed by atoms with Crippen LogP contribution in [-0.2, 0) is 0 Å². The van der Waals surface area contributed by atoms with Crippen LogP contribution >= 0.6 is 0 Å². The fourth-order valence-electron chi connectivity index (χ4n) is 9.45. The van der Waals surface area contributed by atoms with E-state index in [0.717, 1.165) is 66.8 Å². The molecule has 0 N–H and O–H groups in total. The van der Waals surface area contributed by atoms with E-state index in [1.54, 1.807) is 0 Å². The minimum Gasteiger partial charge on any atom is -0.455 e. The minimum absolute atomic E-state index is 0.878. The second kappa shape index (κ2) is 15.3. The molecule has 63 heavy (non-hydrogen) atoms. The highest BCUT2D eigenvalue weighted by Gasteiger charge is 2.23. The number of hydrogen-bond acceptors (Lipinski definition) is 3. The van der Waals surface area contributed by atoms with E-state index in [0.29, 0.717) is 0 Å². The molecular weight excluding hydrogens is 765 g/mol. The molecule has 296 valence electrons. The number of para-hydroxylation sites is 3. The highest BCUT2D eigenvalue weighted by atomic mass is 16.3. The fraction of sp³-hybridized carbons (Fsp3) is 0. The second-order valence-electron chi connectivity index (χ2n) is 16.1. The molecule has 0 amide bonds. The number of benzene rings is 11. The highest BCUT2D eigenvalue weighted by molar-refractivity contribution is 6.22. The molecule has 0 fully saturated rings. The van der Waals surface area contributed by atoms with Gasteiger partial charge in [0.15, 0.2) is 0 Å². The highest BCUT2D eigenvalue weighted by Crippen LogP contribution is 2.47. The van der Waals surface area contributed by atoms with Gasteiger partial charge >= 0.3 is 0 Å². The Labute approximate surface area is 365 Å². The van der Waals surface area contributed by atoms with Crippen LogP contribution in [0.25, 0.3) is 76.5 Å². The first-order valence-electron chi connectivity index (χ1n) is 21.5. The Hall–Kier alpha value is -8.40. The lowest BCUT2D eigenvalue weighted by molar-refractivity contribution is 0.672. The molecule has 1 heterocycles. The SMILES string of the molecule is c1ccc(N(c2ccc(-c3ccc4ccccc4c3-c3ccc4ccccc4c3)cc2)c2ccc(N(c3ccccc3)c3cc4ccccc4c4oc5ccccc5c34)cc2)cc1. The van der Waals surface area contributed by atoms with Gasteiger partial charge in [0.05, 0.1) is 11.1 Å². The predicted molar refractivity (Wildman–Crippen MR) is 266 cm³/mol. The van der Waals surface area contributed by atoms with Crippen LogP contribution in [-0.4, -0.2) is 0 Å². The van der Waals surface area contributed by atoms with E-state index >= 15 is 0 Å². The molecule has 0 radical (unpaired) electrons. The zero-order valence-electron chi connectivity index (χ0n) is 34.4. The molecule has 3 heteroatoms. The molecule has 0 unspecified atom stereocenters. The van der Waals surface area contributed by atoms with E-state index in [1.165, 1.54) is 43.8 Å². The van der Waals surface area contributed by atoms with Crippen molar-refractivity contribution in [3.05, 3.63) is 243 Å². The molecule has 0 saturated carbocycles. The maximum absolute atomic E-state index is 6.64. The van der Waals surface area contributed by atoms with Gasteiger partial charge in [-0.2, -0.15) is 0 Å². The van der Waals surface area contributed by atoms with Crippen molar-refractivity contribution in [2.75, 3.05) is 9.80 Å². The zero-order chi connectivity index (χ0) is 41.7. The van der Waals surface area contributed by atoms with Crippen LogP contribution in [0.5, 0.6) is 0 Å². The maximum Gasteiger partial charge on any atom is 0.145 e. The van der Waals surface area contributed by atoms with Gasteiger partial charge in [0.1, 0.15) is 11.2 Å². The Morgan fingerprint density at radius 1 is 0.302 bits per heavy atom. The standard InChI is InChI=1S/C60H40N2O/c1-3-19-47(20-4-1)61(49-32-29-43(30-33-49)53-38-31-42-16-9-11-23-52(42)58(53)46-28-27-41-15-7-8-17-44(41)39-46)50-34-36-51(37-35-50)62(48-21-5-2-6-22-48)56-40-45-18-10-12-24-54(45)60-59(56)55-25-13-14-26-57(55)63-60/h1-40H. The molecule has 11 aromatic carbocycles. The van der Waals surface area contributed by atoms with Gasteiger partial charge < -0.3 is 14.2 Å². The average molecular weight is 805 g/mol. The first kappa shape index (κ1) is 36.5. The Morgan fingerprint density at radius 2 is 0.794 bits per heavy atom. The third-order valence-corrected chi connectivity index (χ3v) is 12.4. The summed E-state index contributed by atoms with van der Waals surface area (Å²) in [5.41, 5.74) is 13.0. The van der Waals surface area contributed by atoms with E-state index in [2.05, 4.69) is 246 Å². The Bertz CT molecular complexity index is 3610. The first-order valence-corrected chi connectivity index (χ1v) is 21.5. The smallest absolute Gasteiger partial charge is 0.145 e. The summed E-state index contributed by atoms with van der Waals surface area (Å²) in [5, 5.41) is 9.38. The van der Waals surface area contributed by atoms with Crippen molar-refractivity contribution < 1.29 is 4.42 Å². The topological polar surface area (TPSA) is 19.6 Å². The third-order valence-electron chi connectivity index (χ3n) is 12.4. The summed E-state index contributed by atoms with van der Waals surface area (Å²) in [5.74, 6) is 0. The van der Waals surface area contributed by atoms with Crippen LogP contribution in [0.2, 0.25) is 0 Å². The third kappa shape index (κ3) is 6.38. The lowest BCUT2D eigenvalue weighted by Gasteiger charge is -2.29. The number of hydrogen-bond donors (Lipinski definition) is 0. The second-order valence-corrected chi connectivity index (χ2v) is 16.1. The normalized spacial score (nSPS) is 11.5. The zero-order valence-corrected chi connectivity index (χ0v) is 34.4. The summed E-state index contributed by atoms with van der Waals surface area (Å²) in [4.78, 5) is 4.70. The Morgan fingerprint density at radius 3 is 1.51 bits per heavy atom. The number of anilines is 6. The molecule has 1 aromatic heterocycles. The van der Waals surface area contributed by atoms with E-state index in [1.807, 2.05) is 6.07 Å². The molecule has 12 rings (SSSR count). The number of furan rings is 1. The summed E-state index contributed by atoms with van der Waals surface area (Å²) < 4.78 is 6.64. The first-order chi connectivity index (χ1) is 31.2. The van der Waals surface area contributed by atoms with E-state index < -0.39 is 0 Å². The van der Waals surface area contributed by atoms with Crippen molar-refractivity contribution in [3.8, 4) is 22.3 Å². The van der Waals surface area contributed by atoms with Crippen LogP contribution < -0.4 is 9.80 Å². The largest absolute Gasteiger partial charge is 0.455 e. The molecule has 0 aliphatic heterocycles. The van der Waals surface area contributed by atoms with E-state index in [4.69, 9.17) is 4.42 Å². The van der Waals surface area contributed by atoms with Gasteiger partial charge in [0.25, 0.3) is 0 Å². The van der Waals surface area contributed by atoms with Crippen LogP contribution in [0.3, 0.4) is 0 Å². The number of nitrogens with zero attached hydrogens (tertiary/aromatic N) is 2. The fourth-order valence-corrected chi connectivity index (χ4v) is 9.45. The van der Waals surface area contributed by atoms with Gasteiger partial charge in [-0.1, -0.05) is 164 Å². The Kier molecular flexibility index (Phi) is 8.83. The van der Waals surface area contributed by atoms with Crippen LogP contribution in [0.1, 0.15) is 0 Å². The molecule has 0 bridgehead atoms. The average Bonchev–Trinajstić information content (AvgIpc) is 3.75. The molecule has 12 aromatic rings. The quantitative estimate of drug-likeness (QED) is 0.153. The van der Waals surface area contributed by atoms with Gasteiger partial charge in [-0.05, 0) is 128 Å². The van der Waals surface area contributed by atoms with Gasteiger partial charge in [0.2, 0.25) is 0 Å². The van der Waals surface area contributed by atoms with Gasteiger partial charge in [0, 0.05) is 39.2 Å². The van der Waals surface area contributed by atoms with Crippen molar-refractivity contribution >= 4 is 88.4 Å². The van der Waals surface area contributed by atoms with Crippen LogP contribution in [0.15, 0.2) is 247 Å². The number of fused-ring (bicyclic) bond motifs is 7. The molecule has 0 aliphatic rings. The molecular formula is C60H40N2O. The summed E-state index contributed by atoms with van der Waals surface area (Å²) in [7, 11) is 0. The summed E-state index contributed by atoms with van der Waals surface area (Å²) in [6.45, 7) is 0. The summed E-state index contributed by atoms with van der Waals surface area (Å²) >= 11 is 0. The van der Waals surface area contributed by atoms with E-state index in [9.17, 15) is 0 Å². The summed E-state index contributed by atoms with van der Waals surface area (Å²) in [6, 6.07) is 87.1. The minimum atomic E-state index is 0.878. The van der Waals surface area contributed by atoms with Crippen molar-refractivity contribution in [1.29, 1.82) is 0 Å². The molecule has 0 spiro atoms. The molecule has 0 aliphatic carbocycles. The van der Waals surface area contributed by atoms with Crippen molar-refractivity contribution in [3.63, 3.8) is 0 Å². The van der Waals surface area contributed by atoms with Crippen LogP contribution in [0, 0.1) is 0 Å². The van der Waals surface area contributed by atoms with Gasteiger partial charge in [-0.15, -0.1) is 0 Å². The Balaban J connectivity index is 0.971. The molecule has 3 nitrogen and oxygen atoms in total. The lowest BCUT2D eigenvalue weighted by atomic mass is 9.89. The lowest BCUT2D eigenvalue weighted by Crippen LogP contribution is -2.12. The van der Waals surface area contributed by atoms with Crippen molar-refractivity contribution in [1.82, 2.24) is 0 Å².